The van der Waals surface area contributed by atoms with Gasteiger partial charge in [-0.3, -0.25) is 4.79 Å². The molecule has 0 radical (unpaired) electrons. The van der Waals surface area contributed by atoms with Crippen LogP contribution < -0.4 is 11.2 Å². The number of anilines is 1. The first-order valence-electron chi connectivity index (χ1n) is 8.72. The summed E-state index contributed by atoms with van der Waals surface area (Å²) in [4.78, 5) is 12.7. The smallest absolute Gasteiger partial charge is 0.293 e. The number of nitrogens with two attached hydrogens (primary N) is 1. The molecule has 0 unspecified atom stereocenters. The number of carbonyl (C=O) groups excluding carboxylic acids is 1. The van der Waals surface area contributed by atoms with Crippen molar-refractivity contribution in [3.05, 3.63) is 53.1 Å². The van der Waals surface area contributed by atoms with Crippen LogP contribution in [0.25, 0.3) is 5.82 Å². The van der Waals surface area contributed by atoms with Gasteiger partial charge in [0.2, 0.25) is 11.6 Å². The number of nitrogens with one attached hydrogen (secondary N) is 1. The number of amides is 1. The van der Waals surface area contributed by atoms with Gasteiger partial charge in [-0.05, 0) is 22.4 Å². The van der Waals surface area contributed by atoms with E-state index in [4.69, 9.17) is 5.73 Å². The van der Waals surface area contributed by atoms with Crippen molar-refractivity contribution >= 4 is 29.7 Å². The van der Waals surface area contributed by atoms with E-state index in [1.54, 1.807) is 11.6 Å². The van der Waals surface area contributed by atoms with Crippen LogP contribution in [0.4, 0.5) is 14.6 Å². The van der Waals surface area contributed by atoms with Gasteiger partial charge in [0.15, 0.2) is 10.9 Å². The van der Waals surface area contributed by atoms with Crippen molar-refractivity contribution in [2.24, 2.45) is 12.1 Å². The van der Waals surface area contributed by atoms with Crippen LogP contribution in [-0.4, -0.2) is 52.2 Å². The first-order valence-corrected chi connectivity index (χ1v) is 9.71. The number of hydrazone groups is 1. The van der Waals surface area contributed by atoms with Crippen LogP contribution in [-0.2, 0) is 12.8 Å². The first kappa shape index (κ1) is 21.0. The third-order valence-electron chi connectivity index (χ3n) is 4.01. The molecule has 3 aromatic heterocycles. The molecule has 13 nitrogen and oxygen atoms in total. The van der Waals surface area contributed by atoms with E-state index in [-0.39, 0.29) is 28.6 Å². The van der Waals surface area contributed by atoms with Crippen molar-refractivity contribution < 1.29 is 18.2 Å². The molecule has 1 aromatic carbocycles. The first-order chi connectivity index (χ1) is 15.4. The molecule has 0 spiro atoms. The molecule has 3 N–H and O–H groups in total. The average molecular weight is 461 g/mol. The largest absolute Gasteiger partial charge is 0.378 e. The number of thioether (sulfide) groups is 1. The minimum absolute atomic E-state index is 0.0186. The molecule has 0 saturated carbocycles. The van der Waals surface area contributed by atoms with E-state index in [0.29, 0.717) is 16.9 Å². The molecule has 32 heavy (non-hydrogen) atoms. The quantitative estimate of drug-likeness (QED) is 0.227. The van der Waals surface area contributed by atoms with Gasteiger partial charge in [0.05, 0.1) is 11.9 Å². The molecule has 0 aliphatic heterocycles. The highest BCUT2D eigenvalue weighted by molar-refractivity contribution is 7.98. The third-order valence-corrected chi connectivity index (χ3v) is 5.06. The molecule has 164 valence electrons. The third kappa shape index (κ3) is 4.29. The van der Waals surface area contributed by atoms with Gasteiger partial charge >= 0.3 is 0 Å². The fourth-order valence-corrected chi connectivity index (χ4v) is 3.35. The molecule has 0 fully saturated rings. The van der Waals surface area contributed by atoms with Crippen LogP contribution in [0.2, 0.25) is 0 Å². The number of aryl methyl sites for hydroxylation is 1. The Hall–Kier alpha value is -4.21. The molecule has 0 aliphatic rings. The summed E-state index contributed by atoms with van der Waals surface area (Å²) in [5, 5.41) is 27.0. The molecule has 16 heteroatoms. The zero-order valence-electron chi connectivity index (χ0n) is 16.2. The SMILES string of the molecule is Cn1cnnc1SCc1c(C(=O)NN=Cc2ccc(F)cc2F)nnn1-c1nonc1N. The van der Waals surface area contributed by atoms with Gasteiger partial charge in [-0.25, -0.2) is 18.8 Å². The Morgan fingerprint density at radius 2 is 2.19 bits per heavy atom. The Balaban J connectivity index is 1.58. The maximum atomic E-state index is 13.7. The van der Waals surface area contributed by atoms with Gasteiger partial charge in [0.25, 0.3) is 5.91 Å². The number of hydrogen-bond donors (Lipinski definition) is 2. The normalized spacial score (nSPS) is 11.3. The van der Waals surface area contributed by atoms with Crippen molar-refractivity contribution in [3.63, 3.8) is 0 Å². The second-order valence-electron chi connectivity index (χ2n) is 6.15. The molecule has 0 atom stereocenters. The lowest BCUT2D eigenvalue weighted by Gasteiger charge is -2.05. The predicted octanol–water partition coefficient (Wildman–Crippen LogP) is 0.695. The maximum absolute atomic E-state index is 13.7. The van der Waals surface area contributed by atoms with Gasteiger partial charge in [0.1, 0.15) is 18.0 Å². The highest BCUT2D eigenvalue weighted by Crippen LogP contribution is 2.24. The molecule has 4 rings (SSSR count). The number of rotatable bonds is 7. The molecule has 1 amide bonds. The van der Waals surface area contributed by atoms with E-state index < -0.39 is 17.5 Å². The lowest BCUT2D eigenvalue weighted by atomic mass is 10.2. The van der Waals surface area contributed by atoms with Crippen molar-refractivity contribution in [2.45, 2.75) is 10.9 Å². The number of benzene rings is 1. The van der Waals surface area contributed by atoms with Crippen LogP contribution in [0, 0.1) is 11.6 Å². The number of aromatic nitrogens is 8. The monoisotopic (exact) mass is 461 g/mol. The fourth-order valence-electron chi connectivity index (χ4n) is 2.47. The Kier molecular flexibility index (Phi) is 5.84. The summed E-state index contributed by atoms with van der Waals surface area (Å²) < 4.78 is 34.2. The summed E-state index contributed by atoms with van der Waals surface area (Å²) in [5.74, 6) is -2.14. The minimum atomic E-state index is -0.830. The van der Waals surface area contributed by atoms with Crippen LogP contribution in [0.5, 0.6) is 0 Å². The fraction of sp³-hybridized carbons (Fsp3) is 0.125. The summed E-state index contributed by atoms with van der Waals surface area (Å²) in [6, 6.07) is 2.95. The predicted molar refractivity (Wildman–Crippen MR) is 106 cm³/mol. The van der Waals surface area contributed by atoms with Crippen molar-refractivity contribution in [2.75, 3.05) is 5.73 Å². The van der Waals surface area contributed by atoms with Crippen LogP contribution >= 0.6 is 11.8 Å². The number of hydrogen-bond acceptors (Lipinski definition) is 11. The lowest BCUT2D eigenvalue weighted by molar-refractivity contribution is 0.0949. The molecule has 0 bridgehead atoms. The van der Waals surface area contributed by atoms with Crippen molar-refractivity contribution in [3.8, 4) is 5.82 Å². The van der Waals surface area contributed by atoms with Crippen LogP contribution in [0.15, 0.2) is 39.4 Å². The molecular formula is C16H13F2N11O2S. The molecule has 4 aromatic rings. The van der Waals surface area contributed by atoms with E-state index in [0.717, 1.165) is 12.3 Å². The second-order valence-corrected chi connectivity index (χ2v) is 7.09. The number of carbonyl (C=O) groups is 1. The number of halogens is 2. The van der Waals surface area contributed by atoms with Crippen LogP contribution in [0.3, 0.4) is 0 Å². The Morgan fingerprint density at radius 3 is 2.88 bits per heavy atom. The second kappa shape index (κ2) is 8.88. The molecular weight excluding hydrogens is 448 g/mol. The van der Waals surface area contributed by atoms with E-state index in [2.05, 4.69) is 46.0 Å². The Labute approximate surface area is 181 Å². The van der Waals surface area contributed by atoms with E-state index in [1.807, 2.05) is 0 Å². The number of nitrogens with zero attached hydrogens (tertiary/aromatic N) is 9. The molecule has 0 aliphatic carbocycles. The summed E-state index contributed by atoms with van der Waals surface area (Å²) >= 11 is 1.25. The van der Waals surface area contributed by atoms with E-state index in [9.17, 15) is 13.6 Å². The van der Waals surface area contributed by atoms with Gasteiger partial charge in [-0.1, -0.05) is 17.0 Å². The highest BCUT2D eigenvalue weighted by Gasteiger charge is 2.24. The maximum Gasteiger partial charge on any atom is 0.293 e. The van der Waals surface area contributed by atoms with Gasteiger partial charge in [-0.15, -0.1) is 15.3 Å². The standard InChI is InChI=1S/C16H13F2N11O2S/c1-28-7-21-24-16(28)32-6-11-12(22-27-29(11)14-13(19)25-31-26-14)15(30)23-20-5-8-2-3-9(17)4-10(8)18/h2-5,7H,6H2,1H3,(H2,19,25)(H,23,30). The Bertz CT molecular complexity index is 1300. The van der Waals surface area contributed by atoms with Crippen molar-refractivity contribution in [1.29, 1.82) is 0 Å². The summed E-state index contributed by atoms with van der Waals surface area (Å²) in [7, 11) is 1.76. The van der Waals surface area contributed by atoms with Gasteiger partial charge in [-0.2, -0.15) is 9.78 Å². The highest BCUT2D eigenvalue weighted by atomic mass is 32.2. The van der Waals surface area contributed by atoms with E-state index >= 15 is 0 Å². The molecule has 0 saturated heterocycles. The van der Waals surface area contributed by atoms with Crippen molar-refractivity contribution in [1.82, 2.24) is 45.5 Å². The van der Waals surface area contributed by atoms with Crippen LogP contribution in [0.1, 0.15) is 21.7 Å². The summed E-state index contributed by atoms with van der Waals surface area (Å²) in [5.41, 5.74) is 8.14. The Morgan fingerprint density at radius 1 is 1.34 bits per heavy atom. The lowest BCUT2D eigenvalue weighted by Crippen LogP contribution is -2.20. The summed E-state index contributed by atoms with van der Waals surface area (Å²) in [6.07, 6.45) is 2.55. The average Bonchev–Trinajstić information content (AvgIpc) is 3.47. The number of nitrogen functional groups attached to an aromatic ring is 1. The topological polar surface area (TPSA) is 168 Å². The zero-order valence-corrected chi connectivity index (χ0v) is 17.0. The van der Waals surface area contributed by atoms with E-state index in [1.165, 1.54) is 28.8 Å². The summed E-state index contributed by atoms with van der Waals surface area (Å²) in [6.45, 7) is 0. The minimum Gasteiger partial charge on any atom is -0.378 e. The molecule has 3 heterocycles. The van der Waals surface area contributed by atoms with Gasteiger partial charge < -0.3 is 10.3 Å². The van der Waals surface area contributed by atoms with Gasteiger partial charge in [0, 0.05) is 24.4 Å². The zero-order chi connectivity index (χ0) is 22.7.